The van der Waals surface area contributed by atoms with Crippen LogP contribution in [0.4, 0.5) is 0 Å². The average molecular weight is 306 g/mol. The molecule has 0 atom stereocenters. The minimum absolute atomic E-state index is 0.419. The first-order chi connectivity index (χ1) is 11.3. The van der Waals surface area contributed by atoms with E-state index in [1.165, 1.54) is 0 Å². The van der Waals surface area contributed by atoms with Crippen molar-refractivity contribution in [2.24, 2.45) is 0 Å². The van der Waals surface area contributed by atoms with Crippen LogP contribution in [0.25, 0.3) is 28.7 Å². The number of nitrogens with zero attached hydrogens (tertiary/aromatic N) is 4. The van der Waals surface area contributed by atoms with Crippen molar-refractivity contribution in [2.45, 2.75) is 6.92 Å². The van der Waals surface area contributed by atoms with Crippen LogP contribution < -0.4 is 4.74 Å². The van der Waals surface area contributed by atoms with Gasteiger partial charge in [-0.25, -0.2) is 4.98 Å². The fourth-order valence-corrected chi connectivity index (χ4v) is 2.62. The standard InChI is InChI=1S/C17H14N4O2/c1-11-15(21-10-6-5-9-14(21)18-11)17-20-19-16(23-17)12-7-3-4-8-13(12)22-2/h3-10H,1-2H3. The highest BCUT2D eigenvalue weighted by atomic mass is 16.5. The van der Waals surface area contributed by atoms with Crippen LogP contribution in [0.1, 0.15) is 5.69 Å². The number of rotatable bonds is 3. The van der Waals surface area contributed by atoms with Crippen LogP contribution in [0.2, 0.25) is 0 Å². The van der Waals surface area contributed by atoms with Crippen molar-refractivity contribution in [3.63, 3.8) is 0 Å². The maximum atomic E-state index is 5.88. The van der Waals surface area contributed by atoms with Crippen LogP contribution in [0.5, 0.6) is 5.75 Å². The van der Waals surface area contributed by atoms with Crippen molar-refractivity contribution in [3.05, 3.63) is 54.4 Å². The molecule has 114 valence electrons. The number of ether oxygens (including phenoxy) is 1. The van der Waals surface area contributed by atoms with E-state index in [9.17, 15) is 0 Å². The number of benzene rings is 1. The summed E-state index contributed by atoms with van der Waals surface area (Å²) in [6.07, 6.45) is 1.93. The fraction of sp³-hybridized carbons (Fsp3) is 0.118. The number of aromatic nitrogens is 4. The zero-order valence-corrected chi connectivity index (χ0v) is 12.7. The molecule has 3 heterocycles. The van der Waals surface area contributed by atoms with E-state index >= 15 is 0 Å². The Morgan fingerprint density at radius 1 is 1.00 bits per heavy atom. The molecule has 4 aromatic rings. The van der Waals surface area contributed by atoms with Gasteiger partial charge in [0, 0.05) is 6.20 Å². The van der Waals surface area contributed by atoms with Crippen molar-refractivity contribution < 1.29 is 9.15 Å². The second kappa shape index (κ2) is 5.24. The Balaban J connectivity index is 1.86. The molecule has 0 fully saturated rings. The summed E-state index contributed by atoms with van der Waals surface area (Å²) in [5, 5.41) is 8.35. The maximum Gasteiger partial charge on any atom is 0.266 e. The lowest BCUT2D eigenvalue weighted by atomic mass is 10.2. The third kappa shape index (κ3) is 2.15. The number of hydrogen-bond acceptors (Lipinski definition) is 5. The second-order valence-corrected chi connectivity index (χ2v) is 5.09. The number of aryl methyl sites for hydroxylation is 1. The molecular weight excluding hydrogens is 292 g/mol. The van der Waals surface area contributed by atoms with E-state index in [4.69, 9.17) is 9.15 Å². The highest BCUT2D eigenvalue weighted by molar-refractivity contribution is 5.65. The summed E-state index contributed by atoms with van der Waals surface area (Å²) in [6.45, 7) is 1.93. The molecule has 0 spiro atoms. The van der Waals surface area contributed by atoms with Gasteiger partial charge in [0.2, 0.25) is 0 Å². The monoisotopic (exact) mass is 306 g/mol. The van der Waals surface area contributed by atoms with Gasteiger partial charge in [-0.2, -0.15) is 0 Å². The summed E-state index contributed by atoms with van der Waals surface area (Å²) in [5.74, 6) is 1.54. The molecule has 4 rings (SSSR count). The Morgan fingerprint density at radius 2 is 1.78 bits per heavy atom. The van der Waals surface area contributed by atoms with Gasteiger partial charge in [0.1, 0.15) is 17.1 Å². The highest BCUT2D eigenvalue weighted by Crippen LogP contribution is 2.31. The van der Waals surface area contributed by atoms with Gasteiger partial charge in [-0.3, -0.25) is 4.40 Å². The number of imidazole rings is 1. The topological polar surface area (TPSA) is 65.5 Å². The van der Waals surface area contributed by atoms with E-state index in [0.717, 1.165) is 22.6 Å². The summed E-state index contributed by atoms with van der Waals surface area (Å²) in [6, 6.07) is 13.4. The van der Waals surface area contributed by atoms with Gasteiger partial charge < -0.3 is 9.15 Å². The normalized spacial score (nSPS) is 11.0. The maximum absolute atomic E-state index is 5.88. The fourth-order valence-electron chi connectivity index (χ4n) is 2.62. The zero-order valence-electron chi connectivity index (χ0n) is 12.7. The first kappa shape index (κ1) is 13.5. The van der Waals surface area contributed by atoms with Gasteiger partial charge in [-0.05, 0) is 31.2 Å². The molecule has 0 aliphatic heterocycles. The molecule has 0 bridgehead atoms. The molecular formula is C17H14N4O2. The molecule has 3 aromatic heterocycles. The van der Waals surface area contributed by atoms with Crippen LogP contribution in [0.3, 0.4) is 0 Å². The Bertz CT molecular complexity index is 987. The zero-order chi connectivity index (χ0) is 15.8. The van der Waals surface area contributed by atoms with Crippen LogP contribution in [0.15, 0.2) is 53.1 Å². The molecule has 0 aliphatic carbocycles. The van der Waals surface area contributed by atoms with E-state index < -0.39 is 0 Å². The lowest BCUT2D eigenvalue weighted by Gasteiger charge is -2.03. The first-order valence-electron chi connectivity index (χ1n) is 7.19. The molecule has 0 saturated heterocycles. The molecule has 1 aromatic carbocycles. The SMILES string of the molecule is COc1ccccc1-c1nnc(-c2c(C)nc3ccccn23)o1. The van der Waals surface area contributed by atoms with E-state index in [0.29, 0.717) is 17.5 Å². The number of methoxy groups -OCH3 is 1. The predicted octanol–water partition coefficient (Wildman–Crippen LogP) is 3.37. The van der Waals surface area contributed by atoms with Crippen LogP contribution in [-0.2, 0) is 0 Å². The van der Waals surface area contributed by atoms with Crippen molar-refractivity contribution in [1.29, 1.82) is 0 Å². The molecule has 0 aliphatic rings. The molecule has 0 N–H and O–H groups in total. The molecule has 0 unspecified atom stereocenters. The molecule has 6 nitrogen and oxygen atoms in total. The molecule has 0 amide bonds. The van der Waals surface area contributed by atoms with Gasteiger partial charge in [-0.15, -0.1) is 10.2 Å². The number of hydrogen-bond donors (Lipinski definition) is 0. The van der Waals surface area contributed by atoms with Crippen LogP contribution >= 0.6 is 0 Å². The molecule has 23 heavy (non-hydrogen) atoms. The van der Waals surface area contributed by atoms with E-state index in [2.05, 4.69) is 15.2 Å². The van der Waals surface area contributed by atoms with Gasteiger partial charge >= 0.3 is 0 Å². The van der Waals surface area contributed by atoms with Gasteiger partial charge in [0.05, 0.1) is 18.4 Å². The number of pyridine rings is 1. The summed E-state index contributed by atoms with van der Waals surface area (Å²) in [4.78, 5) is 4.52. The van der Waals surface area contributed by atoms with Crippen molar-refractivity contribution >= 4 is 5.65 Å². The first-order valence-corrected chi connectivity index (χ1v) is 7.19. The van der Waals surface area contributed by atoms with Gasteiger partial charge in [0.25, 0.3) is 11.8 Å². The minimum atomic E-state index is 0.419. The van der Waals surface area contributed by atoms with Crippen LogP contribution in [0, 0.1) is 6.92 Å². The van der Waals surface area contributed by atoms with Crippen molar-refractivity contribution in [1.82, 2.24) is 19.6 Å². The second-order valence-electron chi connectivity index (χ2n) is 5.09. The molecule has 6 heteroatoms. The van der Waals surface area contributed by atoms with E-state index in [1.54, 1.807) is 7.11 Å². The lowest BCUT2D eigenvalue weighted by Crippen LogP contribution is -1.88. The quantitative estimate of drug-likeness (QED) is 0.580. The predicted molar refractivity (Wildman–Crippen MR) is 85.2 cm³/mol. The number of fused-ring (bicyclic) bond motifs is 1. The molecule has 0 radical (unpaired) electrons. The largest absolute Gasteiger partial charge is 0.496 e. The third-order valence-corrected chi connectivity index (χ3v) is 3.67. The summed E-state index contributed by atoms with van der Waals surface area (Å²) in [5.41, 5.74) is 3.25. The van der Waals surface area contributed by atoms with Crippen molar-refractivity contribution in [3.8, 4) is 28.8 Å². The Kier molecular flexibility index (Phi) is 3.08. The third-order valence-electron chi connectivity index (χ3n) is 3.67. The Hall–Kier alpha value is -3.15. The Morgan fingerprint density at radius 3 is 2.65 bits per heavy atom. The molecule has 0 saturated carbocycles. The smallest absolute Gasteiger partial charge is 0.266 e. The highest BCUT2D eigenvalue weighted by Gasteiger charge is 2.19. The number of para-hydroxylation sites is 1. The average Bonchev–Trinajstić information content (AvgIpc) is 3.18. The van der Waals surface area contributed by atoms with Gasteiger partial charge in [-0.1, -0.05) is 18.2 Å². The van der Waals surface area contributed by atoms with Gasteiger partial charge in [0.15, 0.2) is 0 Å². The summed E-state index contributed by atoms with van der Waals surface area (Å²) >= 11 is 0. The van der Waals surface area contributed by atoms with E-state index in [-0.39, 0.29) is 0 Å². The lowest BCUT2D eigenvalue weighted by molar-refractivity contribution is 0.414. The van der Waals surface area contributed by atoms with E-state index in [1.807, 2.05) is 60.0 Å². The summed E-state index contributed by atoms with van der Waals surface area (Å²) in [7, 11) is 1.62. The minimum Gasteiger partial charge on any atom is -0.496 e. The van der Waals surface area contributed by atoms with Crippen molar-refractivity contribution in [2.75, 3.05) is 7.11 Å². The Labute approximate surface area is 132 Å². The summed E-state index contributed by atoms with van der Waals surface area (Å²) < 4.78 is 13.2. The van der Waals surface area contributed by atoms with Crippen LogP contribution in [-0.4, -0.2) is 26.7 Å².